The largest absolute Gasteiger partial charge is 0.493 e. The Kier molecular flexibility index (Phi) is 6.54. The van der Waals surface area contributed by atoms with Gasteiger partial charge in [0.1, 0.15) is 24.0 Å². The number of hydrogen-bond acceptors (Lipinski definition) is 6. The summed E-state index contributed by atoms with van der Waals surface area (Å²) in [4.78, 5) is 15.6. The van der Waals surface area contributed by atoms with Gasteiger partial charge in [-0.15, -0.1) is 0 Å². The summed E-state index contributed by atoms with van der Waals surface area (Å²) in [6.07, 6.45) is 3.28. The molecule has 210 valence electrons. The SMILES string of the molecule is Cc1cc(OC[C@H]2C[C@](O)(CO)C2)cc(C)c1-c1cc(COc2cc3c(cn2)[C@H]2[C@@H](C3)[C@@H]2C(=O)O)c(F)cc1F. The van der Waals surface area contributed by atoms with Gasteiger partial charge < -0.3 is 24.8 Å². The van der Waals surface area contributed by atoms with Crippen LogP contribution in [0.15, 0.2) is 36.5 Å². The minimum Gasteiger partial charge on any atom is -0.493 e. The number of aromatic nitrogens is 1. The molecule has 2 saturated carbocycles. The second-order valence-electron chi connectivity index (χ2n) is 11.6. The Labute approximate surface area is 230 Å². The van der Waals surface area contributed by atoms with Crippen molar-refractivity contribution in [1.82, 2.24) is 4.98 Å². The summed E-state index contributed by atoms with van der Waals surface area (Å²) in [6.45, 7) is 3.69. The molecular formula is C31H31F2NO6. The van der Waals surface area contributed by atoms with E-state index >= 15 is 4.39 Å². The Balaban J connectivity index is 1.15. The average Bonchev–Trinajstić information content (AvgIpc) is 3.48. The van der Waals surface area contributed by atoms with E-state index in [0.29, 0.717) is 43.1 Å². The minimum atomic E-state index is -1.01. The molecule has 6 rings (SSSR count). The molecule has 3 aliphatic rings. The molecule has 0 amide bonds. The van der Waals surface area contributed by atoms with E-state index in [-0.39, 0.29) is 48.0 Å². The molecule has 2 fully saturated rings. The number of carbonyl (C=O) groups is 1. The van der Waals surface area contributed by atoms with Gasteiger partial charge in [-0.2, -0.15) is 0 Å². The first-order valence-corrected chi connectivity index (χ1v) is 13.5. The van der Waals surface area contributed by atoms with Gasteiger partial charge in [0, 0.05) is 35.4 Å². The van der Waals surface area contributed by atoms with Crippen molar-refractivity contribution in [2.24, 2.45) is 17.8 Å². The van der Waals surface area contributed by atoms with Crippen molar-refractivity contribution in [3.8, 4) is 22.8 Å². The van der Waals surface area contributed by atoms with Crippen LogP contribution >= 0.6 is 0 Å². The highest BCUT2D eigenvalue weighted by atomic mass is 19.1. The van der Waals surface area contributed by atoms with Crippen LogP contribution in [0.5, 0.6) is 11.6 Å². The van der Waals surface area contributed by atoms with E-state index in [4.69, 9.17) is 9.47 Å². The van der Waals surface area contributed by atoms with E-state index < -0.39 is 23.2 Å². The van der Waals surface area contributed by atoms with Gasteiger partial charge in [-0.1, -0.05) is 0 Å². The second-order valence-corrected chi connectivity index (χ2v) is 11.6. The Morgan fingerprint density at radius 3 is 2.48 bits per heavy atom. The third-order valence-corrected chi connectivity index (χ3v) is 8.67. The van der Waals surface area contributed by atoms with Gasteiger partial charge in [0.05, 0.1) is 24.7 Å². The number of aryl methyl sites for hydroxylation is 2. The van der Waals surface area contributed by atoms with E-state index in [9.17, 15) is 24.5 Å². The number of aliphatic hydroxyl groups excluding tert-OH is 1. The fourth-order valence-electron chi connectivity index (χ4n) is 6.64. The second kappa shape index (κ2) is 9.82. The summed E-state index contributed by atoms with van der Waals surface area (Å²) < 4.78 is 41.5. The number of nitrogens with zero attached hydrogens (tertiary/aromatic N) is 1. The molecule has 0 radical (unpaired) electrons. The molecule has 0 spiro atoms. The number of hydrogen-bond donors (Lipinski definition) is 3. The van der Waals surface area contributed by atoms with Crippen LogP contribution < -0.4 is 9.47 Å². The number of fused-ring (bicyclic) bond motifs is 3. The number of carboxylic acid groups (broad SMARTS) is 1. The van der Waals surface area contributed by atoms with Gasteiger partial charge in [0.15, 0.2) is 0 Å². The van der Waals surface area contributed by atoms with E-state index in [2.05, 4.69) is 4.98 Å². The molecule has 2 aromatic carbocycles. The number of benzene rings is 2. The number of aliphatic hydroxyl groups is 2. The van der Waals surface area contributed by atoms with Gasteiger partial charge in [-0.05, 0) is 91.0 Å². The standard InChI is InChI=1S/C31H31F2NO6/c1-15-3-20(39-12-17-9-31(38,10-17)14-35)4-16(2)27(15)21-6-19(24(32)8-25(21)33)13-40-26-7-18-5-22-28(23(18)11-34-26)29(22)30(36)37/h3-4,6-8,11,17,22,28-29,35,38H,5,9-10,12-14H2,1-2H3,(H,36,37)/t17-,22-,28-,29+,31+/m1/s1. The molecule has 40 heavy (non-hydrogen) atoms. The Morgan fingerprint density at radius 2 is 1.80 bits per heavy atom. The maximum atomic E-state index is 15.0. The molecule has 0 aliphatic heterocycles. The lowest BCUT2D eigenvalue weighted by atomic mass is 9.72. The monoisotopic (exact) mass is 551 g/mol. The number of pyridine rings is 1. The average molecular weight is 552 g/mol. The fourth-order valence-corrected chi connectivity index (χ4v) is 6.64. The van der Waals surface area contributed by atoms with E-state index in [1.165, 1.54) is 6.07 Å². The smallest absolute Gasteiger partial charge is 0.307 e. The van der Waals surface area contributed by atoms with Gasteiger partial charge in [-0.3, -0.25) is 4.79 Å². The lowest BCUT2D eigenvalue weighted by Crippen LogP contribution is -2.48. The van der Waals surface area contributed by atoms with Crippen molar-refractivity contribution in [3.63, 3.8) is 0 Å². The summed E-state index contributed by atoms with van der Waals surface area (Å²) >= 11 is 0. The van der Waals surface area contributed by atoms with E-state index in [1.807, 2.05) is 26.0 Å². The summed E-state index contributed by atoms with van der Waals surface area (Å²) in [5.74, 6) is -1.29. The van der Waals surface area contributed by atoms with Gasteiger partial charge in [0.2, 0.25) is 5.88 Å². The summed E-state index contributed by atoms with van der Waals surface area (Å²) in [5, 5.41) is 28.5. The van der Waals surface area contributed by atoms with Crippen molar-refractivity contribution >= 4 is 5.97 Å². The van der Waals surface area contributed by atoms with E-state index in [1.54, 1.807) is 12.3 Å². The van der Waals surface area contributed by atoms with Gasteiger partial charge in [0.25, 0.3) is 0 Å². The molecule has 9 heteroatoms. The zero-order chi connectivity index (χ0) is 28.3. The molecule has 1 aromatic heterocycles. The van der Waals surface area contributed by atoms with Crippen molar-refractivity contribution in [2.45, 2.75) is 51.2 Å². The topological polar surface area (TPSA) is 109 Å². The Bertz CT molecular complexity index is 1480. The molecule has 0 saturated heterocycles. The first-order chi connectivity index (χ1) is 19.1. The molecule has 3 N–H and O–H groups in total. The Morgan fingerprint density at radius 1 is 1.07 bits per heavy atom. The number of halogens is 2. The zero-order valence-corrected chi connectivity index (χ0v) is 22.3. The molecule has 0 bridgehead atoms. The predicted molar refractivity (Wildman–Crippen MR) is 141 cm³/mol. The summed E-state index contributed by atoms with van der Waals surface area (Å²) in [5.41, 5.74) is 3.58. The molecule has 7 nitrogen and oxygen atoms in total. The normalized spacial score (nSPS) is 26.1. The summed E-state index contributed by atoms with van der Waals surface area (Å²) in [6, 6.07) is 7.73. The fraction of sp³-hybridized carbons (Fsp3) is 0.419. The zero-order valence-electron chi connectivity index (χ0n) is 22.3. The molecular weight excluding hydrogens is 520 g/mol. The van der Waals surface area contributed by atoms with Crippen molar-refractivity contribution in [1.29, 1.82) is 0 Å². The molecule has 1 heterocycles. The highest BCUT2D eigenvalue weighted by Gasteiger charge is 2.60. The Hall–Kier alpha value is -3.56. The lowest BCUT2D eigenvalue weighted by molar-refractivity contribution is -0.139. The number of rotatable bonds is 9. The predicted octanol–water partition coefficient (Wildman–Crippen LogP) is 4.71. The maximum Gasteiger partial charge on any atom is 0.307 e. The molecule has 3 atom stereocenters. The van der Waals surface area contributed by atoms with Crippen LogP contribution in [-0.2, 0) is 17.8 Å². The third-order valence-electron chi connectivity index (χ3n) is 8.67. The first kappa shape index (κ1) is 26.7. The van der Waals surface area contributed by atoms with Crippen molar-refractivity contribution < 1.29 is 38.4 Å². The highest BCUT2D eigenvalue weighted by molar-refractivity contribution is 5.78. The molecule has 3 aromatic rings. The van der Waals surface area contributed by atoms with Gasteiger partial charge >= 0.3 is 5.97 Å². The van der Waals surface area contributed by atoms with Crippen LogP contribution in [0.25, 0.3) is 11.1 Å². The van der Waals surface area contributed by atoms with Crippen LogP contribution in [0.4, 0.5) is 8.78 Å². The first-order valence-electron chi connectivity index (χ1n) is 13.5. The van der Waals surface area contributed by atoms with E-state index in [0.717, 1.165) is 28.3 Å². The van der Waals surface area contributed by atoms with Crippen LogP contribution in [-0.4, -0.2) is 45.1 Å². The molecule has 3 aliphatic carbocycles. The van der Waals surface area contributed by atoms with Crippen LogP contribution in [0.1, 0.15) is 46.6 Å². The van der Waals surface area contributed by atoms with Crippen LogP contribution in [0.2, 0.25) is 0 Å². The third kappa shape index (κ3) is 4.71. The van der Waals surface area contributed by atoms with Crippen molar-refractivity contribution in [3.05, 3.63) is 76.0 Å². The summed E-state index contributed by atoms with van der Waals surface area (Å²) in [7, 11) is 0. The van der Waals surface area contributed by atoms with Crippen LogP contribution in [0, 0.1) is 43.2 Å². The minimum absolute atomic E-state index is 0.0129. The maximum absolute atomic E-state index is 15.0. The lowest BCUT2D eigenvalue weighted by Gasteiger charge is -2.42. The van der Waals surface area contributed by atoms with Crippen LogP contribution in [0.3, 0.4) is 0 Å². The number of aliphatic carboxylic acids is 1. The molecule has 0 unspecified atom stereocenters. The quantitative estimate of drug-likeness (QED) is 0.354. The highest BCUT2D eigenvalue weighted by Crippen LogP contribution is 2.61. The van der Waals surface area contributed by atoms with Crippen molar-refractivity contribution in [2.75, 3.05) is 13.2 Å². The van der Waals surface area contributed by atoms with Gasteiger partial charge in [-0.25, -0.2) is 13.8 Å². The number of ether oxygens (including phenoxy) is 2. The number of carboxylic acids is 1.